The fraction of sp³-hybridized carbons (Fsp3) is 0.182. The predicted molar refractivity (Wildman–Crippen MR) is 72.5 cm³/mol. The third-order valence-electron chi connectivity index (χ3n) is 2.21. The molecule has 1 aromatic heterocycles. The van der Waals surface area contributed by atoms with Crippen LogP contribution in [0.5, 0.6) is 0 Å². The third-order valence-corrected chi connectivity index (χ3v) is 3.69. The Bertz CT molecular complexity index is 556. The molecule has 2 aromatic rings. The number of carboxylic acid groups (broad SMARTS) is 1. The van der Waals surface area contributed by atoms with Crippen LogP contribution in [0.2, 0.25) is 0 Å². The average molecular weight is 328 g/mol. The maximum Gasteiger partial charge on any atom is 0.316 e. The molecule has 5 nitrogen and oxygen atoms in total. The Labute approximate surface area is 116 Å². The lowest BCUT2D eigenvalue weighted by Crippen LogP contribution is -2.11. The summed E-state index contributed by atoms with van der Waals surface area (Å²) in [6.45, 7) is 1.60. The fourth-order valence-electron chi connectivity index (χ4n) is 1.24. The van der Waals surface area contributed by atoms with Crippen molar-refractivity contribution >= 4 is 33.7 Å². The molecule has 0 aliphatic heterocycles. The lowest BCUT2D eigenvalue weighted by atomic mass is 10.2. The molecule has 0 aliphatic rings. The van der Waals surface area contributed by atoms with E-state index in [9.17, 15) is 4.79 Å². The zero-order chi connectivity index (χ0) is 13.1. The molecule has 2 N–H and O–H groups in total. The van der Waals surface area contributed by atoms with Crippen LogP contribution in [-0.4, -0.2) is 31.5 Å². The SMILES string of the molecule is C[C@@H](Sc1n[nH]c(-c2ccc(Br)cc2)n1)C(=O)O. The number of nitrogens with zero attached hydrogens (tertiary/aromatic N) is 2. The van der Waals surface area contributed by atoms with Crippen molar-refractivity contribution in [2.24, 2.45) is 0 Å². The van der Waals surface area contributed by atoms with Crippen molar-refractivity contribution in [3.8, 4) is 11.4 Å². The van der Waals surface area contributed by atoms with Crippen LogP contribution in [0.1, 0.15) is 6.92 Å². The Morgan fingerprint density at radius 1 is 1.44 bits per heavy atom. The zero-order valence-corrected chi connectivity index (χ0v) is 11.8. The lowest BCUT2D eigenvalue weighted by Gasteiger charge is -2.00. The van der Waals surface area contributed by atoms with Crippen LogP contribution < -0.4 is 0 Å². The van der Waals surface area contributed by atoms with Crippen molar-refractivity contribution in [3.05, 3.63) is 28.7 Å². The molecule has 0 amide bonds. The van der Waals surface area contributed by atoms with E-state index < -0.39 is 11.2 Å². The van der Waals surface area contributed by atoms with Crippen molar-refractivity contribution in [2.75, 3.05) is 0 Å². The highest BCUT2D eigenvalue weighted by Crippen LogP contribution is 2.23. The summed E-state index contributed by atoms with van der Waals surface area (Å²) in [4.78, 5) is 15.0. The molecule has 0 fully saturated rings. The second-order valence-corrected chi connectivity index (χ2v) is 5.80. The topological polar surface area (TPSA) is 78.9 Å². The summed E-state index contributed by atoms with van der Waals surface area (Å²) in [5.41, 5.74) is 0.903. The number of aromatic amines is 1. The molecule has 94 valence electrons. The minimum absolute atomic E-state index is 0.433. The number of aliphatic carboxylic acids is 1. The van der Waals surface area contributed by atoms with Gasteiger partial charge in [-0.1, -0.05) is 39.8 Å². The van der Waals surface area contributed by atoms with Crippen LogP contribution in [0, 0.1) is 0 Å². The Morgan fingerprint density at radius 3 is 2.72 bits per heavy atom. The van der Waals surface area contributed by atoms with Crippen LogP contribution in [0.25, 0.3) is 11.4 Å². The van der Waals surface area contributed by atoms with E-state index in [1.54, 1.807) is 6.92 Å². The highest BCUT2D eigenvalue weighted by Gasteiger charge is 2.15. The number of aromatic nitrogens is 3. The number of nitrogens with one attached hydrogen (secondary N) is 1. The highest BCUT2D eigenvalue weighted by molar-refractivity contribution is 9.10. The van der Waals surface area contributed by atoms with Gasteiger partial charge in [0.15, 0.2) is 5.82 Å². The molecule has 0 saturated heterocycles. The smallest absolute Gasteiger partial charge is 0.316 e. The molecule has 0 aliphatic carbocycles. The van der Waals surface area contributed by atoms with Gasteiger partial charge in [-0.25, -0.2) is 4.98 Å². The molecular weight excluding hydrogens is 318 g/mol. The molecule has 0 saturated carbocycles. The summed E-state index contributed by atoms with van der Waals surface area (Å²) < 4.78 is 0.986. The number of rotatable bonds is 4. The van der Waals surface area contributed by atoms with E-state index in [2.05, 4.69) is 31.1 Å². The third kappa shape index (κ3) is 3.11. The second-order valence-electron chi connectivity index (χ2n) is 3.57. The summed E-state index contributed by atoms with van der Waals surface area (Å²) in [5, 5.41) is 15.5. The minimum Gasteiger partial charge on any atom is -0.480 e. The summed E-state index contributed by atoms with van der Waals surface area (Å²) in [5.74, 6) is -0.252. The van der Waals surface area contributed by atoms with E-state index in [4.69, 9.17) is 5.11 Å². The summed E-state index contributed by atoms with van der Waals surface area (Å²) in [6.07, 6.45) is 0. The Kier molecular flexibility index (Phi) is 4.03. The van der Waals surface area contributed by atoms with Gasteiger partial charge in [0.1, 0.15) is 5.25 Å². The van der Waals surface area contributed by atoms with Crippen molar-refractivity contribution < 1.29 is 9.90 Å². The molecule has 7 heteroatoms. The van der Waals surface area contributed by atoms with E-state index in [-0.39, 0.29) is 0 Å². The number of hydrogen-bond acceptors (Lipinski definition) is 4. The van der Waals surface area contributed by atoms with Gasteiger partial charge in [0.2, 0.25) is 5.16 Å². The van der Waals surface area contributed by atoms with Gasteiger partial charge in [-0.15, -0.1) is 5.10 Å². The van der Waals surface area contributed by atoms with E-state index in [1.165, 1.54) is 0 Å². The summed E-state index contributed by atoms with van der Waals surface area (Å²) in [6, 6.07) is 7.62. The number of carbonyl (C=O) groups is 1. The van der Waals surface area contributed by atoms with Gasteiger partial charge in [-0.3, -0.25) is 9.89 Å². The number of benzene rings is 1. The van der Waals surface area contributed by atoms with Gasteiger partial charge in [-0.2, -0.15) is 0 Å². The Balaban J connectivity index is 2.15. The van der Waals surface area contributed by atoms with Gasteiger partial charge in [0, 0.05) is 10.0 Å². The molecule has 18 heavy (non-hydrogen) atoms. The fourth-order valence-corrected chi connectivity index (χ4v) is 2.17. The quantitative estimate of drug-likeness (QED) is 0.844. The van der Waals surface area contributed by atoms with Gasteiger partial charge in [0.05, 0.1) is 0 Å². The molecule has 2 rings (SSSR count). The first-order valence-corrected chi connectivity index (χ1v) is 6.81. The monoisotopic (exact) mass is 327 g/mol. The number of carboxylic acids is 1. The molecule has 0 radical (unpaired) electrons. The molecule has 1 aromatic carbocycles. The number of H-pyrrole nitrogens is 1. The van der Waals surface area contributed by atoms with Crippen LogP contribution in [0.4, 0.5) is 0 Å². The van der Waals surface area contributed by atoms with Gasteiger partial charge < -0.3 is 5.11 Å². The van der Waals surface area contributed by atoms with Crippen molar-refractivity contribution in [2.45, 2.75) is 17.3 Å². The standard InChI is InChI=1S/C11H10BrN3O2S/c1-6(10(16)17)18-11-13-9(14-15-11)7-2-4-8(12)5-3-7/h2-6H,1H3,(H,16,17)(H,13,14,15)/t6-/m1/s1. The first-order valence-electron chi connectivity index (χ1n) is 5.14. The number of hydrogen-bond donors (Lipinski definition) is 2. The minimum atomic E-state index is -0.880. The normalized spacial score (nSPS) is 12.3. The second kappa shape index (κ2) is 5.53. The number of halogens is 1. The summed E-state index contributed by atoms with van der Waals surface area (Å²) in [7, 11) is 0. The van der Waals surface area contributed by atoms with Crippen LogP contribution in [-0.2, 0) is 4.79 Å². The van der Waals surface area contributed by atoms with Gasteiger partial charge in [-0.05, 0) is 19.1 Å². The first-order chi connectivity index (χ1) is 8.56. The van der Waals surface area contributed by atoms with E-state index in [1.807, 2.05) is 24.3 Å². The maximum atomic E-state index is 10.7. The molecule has 0 unspecified atom stereocenters. The molecule has 0 bridgehead atoms. The largest absolute Gasteiger partial charge is 0.480 e. The molecule has 1 atom stereocenters. The summed E-state index contributed by atoms with van der Waals surface area (Å²) >= 11 is 4.46. The molecule has 0 spiro atoms. The zero-order valence-electron chi connectivity index (χ0n) is 9.42. The Morgan fingerprint density at radius 2 is 2.11 bits per heavy atom. The maximum absolute atomic E-state index is 10.7. The van der Waals surface area contributed by atoms with E-state index in [0.717, 1.165) is 21.8 Å². The van der Waals surface area contributed by atoms with Crippen molar-refractivity contribution in [1.82, 2.24) is 15.2 Å². The number of thioether (sulfide) groups is 1. The highest BCUT2D eigenvalue weighted by atomic mass is 79.9. The van der Waals surface area contributed by atoms with Gasteiger partial charge >= 0.3 is 5.97 Å². The van der Waals surface area contributed by atoms with Crippen molar-refractivity contribution in [1.29, 1.82) is 0 Å². The van der Waals surface area contributed by atoms with E-state index in [0.29, 0.717) is 11.0 Å². The average Bonchev–Trinajstić information content (AvgIpc) is 2.78. The first kappa shape index (κ1) is 13.1. The lowest BCUT2D eigenvalue weighted by molar-refractivity contribution is -0.136. The van der Waals surface area contributed by atoms with Crippen molar-refractivity contribution in [3.63, 3.8) is 0 Å². The molecular formula is C11H10BrN3O2S. The predicted octanol–water partition coefficient (Wildman–Crippen LogP) is 2.80. The molecule has 1 heterocycles. The Hall–Kier alpha value is -1.34. The van der Waals surface area contributed by atoms with Crippen LogP contribution in [0.15, 0.2) is 33.9 Å². The van der Waals surface area contributed by atoms with Gasteiger partial charge in [0.25, 0.3) is 0 Å². The van der Waals surface area contributed by atoms with Crippen LogP contribution in [0.3, 0.4) is 0 Å². The van der Waals surface area contributed by atoms with E-state index >= 15 is 0 Å². The van der Waals surface area contributed by atoms with Crippen LogP contribution >= 0.6 is 27.7 Å².